The minimum Gasteiger partial charge on any atom is -0.451 e. The lowest BCUT2D eigenvalue weighted by Crippen LogP contribution is -2.46. The van der Waals surface area contributed by atoms with Gasteiger partial charge in [-0.25, -0.2) is 0 Å². The third-order valence-corrected chi connectivity index (χ3v) is 4.46. The van der Waals surface area contributed by atoms with Gasteiger partial charge in [-0.3, -0.25) is 24.1 Å². The van der Waals surface area contributed by atoms with Crippen LogP contribution in [0.15, 0.2) is 48.5 Å². The third kappa shape index (κ3) is 4.37. The zero-order valence-electron chi connectivity index (χ0n) is 15.0. The first-order valence-electron chi connectivity index (χ1n) is 8.53. The molecule has 1 heterocycles. The van der Waals surface area contributed by atoms with E-state index < -0.39 is 36.3 Å². The molecule has 1 N–H and O–H groups in total. The van der Waals surface area contributed by atoms with Gasteiger partial charge >= 0.3 is 5.97 Å². The summed E-state index contributed by atoms with van der Waals surface area (Å²) >= 11 is 5.79. The molecule has 0 fully saturated rings. The highest BCUT2D eigenvalue weighted by atomic mass is 35.5. The third-order valence-electron chi connectivity index (χ3n) is 4.21. The summed E-state index contributed by atoms with van der Waals surface area (Å²) in [5.74, 6) is -2.43. The van der Waals surface area contributed by atoms with E-state index in [1.165, 1.54) is 6.92 Å². The Morgan fingerprint density at radius 1 is 1.14 bits per heavy atom. The molecule has 7 nitrogen and oxygen atoms in total. The van der Waals surface area contributed by atoms with Crippen molar-refractivity contribution in [1.29, 1.82) is 0 Å². The molecule has 8 heteroatoms. The predicted octanol–water partition coefficient (Wildman–Crippen LogP) is 2.44. The van der Waals surface area contributed by atoms with Crippen LogP contribution in [0.1, 0.15) is 22.8 Å². The molecule has 1 atom stereocenters. The molecule has 2 aromatic rings. The zero-order valence-corrected chi connectivity index (χ0v) is 15.7. The zero-order chi connectivity index (χ0) is 20.3. The van der Waals surface area contributed by atoms with E-state index in [-0.39, 0.29) is 6.42 Å². The fourth-order valence-corrected chi connectivity index (χ4v) is 2.88. The highest BCUT2D eigenvalue weighted by Crippen LogP contribution is 2.19. The van der Waals surface area contributed by atoms with E-state index in [1.807, 2.05) is 0 Å². The van der Waals surface area contributed by atoms with Crippen LogP contribution in [0.5, 0.6) is 0 Å². The summed E-state index contributed by atoms with van der Waals surface area (Å²) in [7, 11) is 0. The van der Waals surface area contributed by atoms with Gasteiger partial charge in [-0.05, 0) is 42.8 Å². The number of nitrogens with zero attached hydrogens (tertiary/aromatic N) is 1. The number of fused-ring (bicyclic) bond motifs is 1. The van der Waals surface area contributed by atoms with Gasteiger partial charge in [-0.1, -0.05) is 29.8 Å². The quantitative estimate of drug-likeness (QED) is 0.614. The van der Waals surface area contributed by atoms with E-state index in [4.69, 9.17) is 16.3 Å². The van der Waals surface area contributed by atoms with Gasteiger partial charge in [0.2, 0.25) is 5.91 Å². The molecule has 1 aliphatic heterocycles. The van der Waals surface area contributed by atoms with Gasteiger partial charge in [0.1, 0.15) is 6.54 Å². The molecule has 0 aromatic heterocycles. The fraction of sp³-hybridized carbons (Fsp3) is 0.200. The minimum atomic E-state index is -1.11. The molecular weight excluding hydrogens is 384 g/mol. The lowest BCUT2D eigenvalue weighted by atomic mass is 9.98. The topological polar surface area (TPSA) is 92.8 Å². The Hall–Kier alpha value is -3.19. The number of rotatable bonds is 5. The van der Waals surface area contributed by atoms with Crippen molar-refractivity contribution < 1.29 is 23.9 Å². The van der Waals surface area contributed by atoms with E-state index in [0.29, 0.717) is 21.8 Å². The minimum absolute atomic E-state index is 0.0296. The Bertz CT molecular complexity index is 942. The van der Waals surface area contributed by atoms with Crippen LogP contribution in [-0.4, -0.2) is 41.2 Å². The maximum Gasteiger partial charge on any atom is 0.326 e. The number of esters is 1. The monoisotopic (exact) mass is 400 g/mol. The number of hydrogen-bond donors (Lipinski definition) is 1. The van der Waals surface area contributed by atoms with E-state index in [9.17, 15) is 19.2 Å². The first kappa shape index (κ1) is 19.6. The van der Waals surface area contributed by atoms with E-state index in [2.05, 4.69) is 5.32 Å². The number of carbonyl (C=O) groups excluding carboxylic acids is 4. The Morgan fingerprint density at radius 3 is 2.54 bits per heavy atom. The van der Waals surface area contributed by atoms with Crippen LogP contribution in [0, 0.1) is 0 Å². The molecule has 0 spiro atoms. The number of carbonyl (C=O) groups is 4. The van der Waals surface area contributed by atoms with Crippen LogP contribution in [-0.2, 0) is 25.5 Å². The highest BCUT2D eigenvalue weighted by Gasteiger charge is 2.33. The van der Waals surface area contributed by atoms with Gasteiger partial charge in [-0.15, -0.1) is 0 Å². The van der Waals surface area contributed by atoms with Gasteiger partial charge in [0.05, 0.1) is 6.42 Å². The van der Waals surface area contributed by atoms with Crippen LogP contribution < -0.4 is 5.32 Å². The van der Waals surface area contributed by atoms with Crippen LogP contribution >= 0.6 is 11.6 Å². The largest absolute Gasteiger partial charge is 0.451 e. The average molecular weight is 401 g/mol. The van der Waals surface area contributed by atoms with Crippen molar-refractivity contribution in [2.45, 2.75) is 19.4 Å². The smallest absolute Gasteiger partial charge is 0.326 e. The predicted molar refractivity (Wildman–Crippen MR) is 102 cm³/mol. The summed E-state index contributed by atoms with van der Waals surface area (Å²) in [4.78, 5) is 49.8. The maximum absolute atomic E-state index is 12.5. The van der Waals surface area contributed by atoms with Gasteiger partial charge in [0.25, 0.3) is 11.8 Å². The number of imide groups is 1. The lowest BCUT2D eigenvalue weighted by molar-refractivity contribution is -0.155. The molecule has 0 saturated carbocycles. The molecule has 1 aliphatic rings. The molecule has 2 aromatic carbocycles. The Morgan fingerprint density at radius 2 is 1.82 bits per heavy atom. The van der Waals surface area contributed by atoms with Crippen molar-refractivity contribution >= 4 is 41.0 Å². The Labute approximate surface area is 166 Å². The number of ether oxygens (including phenoxy) is 1. The molecule has 0 radical (unpaired) electrons. The van der Waals surface area contributed by atoms with Crippen molar-refractivity contribution in [3.05, 3.63) is 64.7 Å². The number of benzene rings is 2. The second-order valence-electron chi connectivity index (χ2n) is 6.25. The van der Waals surface area contributed by atoms with E-state index >= 15 is 0 Å². The van der Waals surface area contributed by atoms with Crippen LogP contribution in [0.2, 0.25) is 5.02 Å². The second kappa shape index (κ2) is 8.22. The molecular formula is C20H17ClN2O5. The second-order valence-corrected chi connectivity index (χ2v) is 6.68. The van der Waals surface area contributed by atoms with Crippen LogP contribution in [0.4, 0.5) is 5.69 Å². The van der Waals surface area contributed by atoms with Gasteiger partial charge in [-0.2, -0.15) is 0 Å². The number of nitrogens with one attached hydrogen (secondary N) is 1. The molecule has 144 valence electrons. The van der Waals surface area contributed by atoms with Crippen molar-refractivity contribution in [3.63, 3.8) is 0 Å². The molecule has 0 bridgehead atoms. The van der Waals surface area contributed by atoms with E-state index in [1.54, 1.807) is 48.5 Å². The summed E-state index contributed by atoms with van der Waals surface area (Å²) in [6.45, 7) is 0.850. The fourth-order valence-electron chi connectivity index (χ4n) is 2.75. The van der Waals surface area contributed by atoms with Crippen molar-refractivity contribution in [2.24, 2.45) is 0 Å². The van der Waals surface area contributed by atoms with Crippen LogP contribution in [0.3, 0.4) is 0 Å². The van der Waals surface area contributed by atoms with Crippen molar-refractivity contribution in [2.75, 3.05) is 11.9 Å². The molecule has 0 saturated heterocycles. The number of anilines is 1. The summed E-state index contributed by atoms with van der Waals surface area (Å²) in [5.41, 5.74) is 1.50. The highest BCUT2D eigenvalue weighted by molar-refractivity contribution is 6.30. The van der Waals surface area contributed by atoms with Gasteiger partial charge in [0.15, 0.2) is 6.10 Å². The summed E-state index contributed by atoms with van der Waals surface area (Å²) < 4.78 is 5.07. The Kier molecular flexibility index (Phi) is 5.75. The molecule has 0 unspecified atom stereocenters. The summed E-state index contributed by atoms with van der Waals surface area (Å²) in [6, 6.07) is 13.2. The standard InChI is InChI=1S/C20H17ClN2O5/c1-12(19(26)22-15-8-6-14(21)7-9-15)28-18(25)11-23-17(24)10-13-4-2-3-5-16(13)20(23)27/h2-9,12H,10-11H2,1H3,(H,22,26)/t12-/m0/s1. The first-order chi connectivity index (χ1) is 13.3. The van der Waals surface area contributed by atoms with Gasteiger partial charge in [0, 0.05) is 16.3 Å². The summed E-state index contributed by atoms with van der Waals surface area (Å²) in [5, 5.41) is 3.11. The van der Waals surface area contributed by atoms with Gasteiger partial charge < -0.3 is 10.1 Å². The lowest BCUT2D eigenvalue weighted by Gasteiger charge is -2.26. The normalized spacial score (nSPS) is 14.3. The molecule has 3 rings (SSSR count). The maximum atomic E-state index is 12.5. The average Bonchev–Trinajstić information content (AvgIpc) is 2.67. The SMILES string of the molecule is C[C@H](OC(=O)CN1C(=O)Cc2ccccc2C1=O)C(=O)Nc1ccc(Cl)cc1. The molecule has 28 heavy (non-hydrogen) atoms. The Balaban J connectivity index is 1.59. The number of hydrogen-bond acceptors (Lipinski definition) is 5. The van der Waals surface area contributed by atoms with Crippen molar-refractivity contribution in [3.8, 4) is 0 Å². The van der Waals surface area contributed by atoms with Crippen LogP contribution in [0.25, 0.3) is 0 Å². The number of amides is 3. The van der Waals surface area contributed by atoms with Crippen molar-refractivity contribution in [1.82, 2.24) is 4.90 Å². The number of halogens is 1. The van der Waals surface area contributed by atoms with E-state index in [0.717, 1.165) is 4.90 Å². The molecule has 0 aliphatic carbocycles. The molecule has 3 amide bonds. The first-order valence-corrected chi connectivity index (χ1v) is 8.91. The summed E-state index contributed by atoms with van der Waals surface area (Å²) in [6.07, 6.45) is -1.08.